The molecule has 2 heterocycles. The average molecular weight is 479 g/mol. The van der Waals surface area contributed by atoms with Gasteiger partial charge in [-0.1, -0.05) is 46.8 Å². The molecule has 30 heavy (non-hydrogen) atoms. The zero-order valence-corrected chi connectivity index (χ0v) is 17.1. The molecule has 6 nitrogen and oxygen atoms in total. The van der Waals surface area contributed by atoms with Crippen LogP contribution in [0.5, 0.6) is 0 Å². The minimum atomic E-state index is -4.72. The molecule has 0 bridgehead atoms. The predicted octanol–water partition coefficient (Wildman–Crippen LogP) is 4.44. The minimum absolute atomic E-state index is 0.118. The van der Waals surface area contributed by atoms with Gasteiger partial charge in [-0.25, -0.2) is 4.39 Å². The predicted molar refractivity (Wildman–Crippen MR) is 105 cm³/mol. The number of rotatable bonds is 6. The van der Waals surface area contributed by atoms with Crippen molar-refractivity contribution in [1.82, 2.24) is 14.8 Å². The number of alkyl halides is 3. The summed E-state index contributed by atoms with van der Waals surface area (Å²) >= 11 is 7.92. The van der Waals surface area contributed by atoms with Gasteiger partial charge in [-0.2, -0.15) is 13.2 Å². The van der Waals surface area contributed by atoms with Crippen LogP contribution in [0, 0.1) is 5.82 Å². The zero-order valence-electron chi connectivity index (χ0n) is 14.7. The van der Waals surface area contributed by atoms with Crippen LogP contribution in [-0.4, -0.2) is 20.7 Å². The molecule has 1 aromatic carbocycles. The van der Waals surface area contributed by atoms with Crippen LogP contribution in [0.4, 0.5) is 22.7 Å². The number of hydrogen-bond donors (Lipinski definition) is 1. The van der Waals surface area contributed by atoms with E-state index in [1.54, 1.807) is 12.1 Å². The van der Waals surface area contributed by atoms with Crippen LogP contribution in [-0.2, 0) is 23.3 Å². The lowest BCUT2D eigenvalue weighted by Crippen LogP contribution is -2.29. The van der Waals surface area contributed by atoms with E-state index in [0.717, 1.165) is 16.9 Å². The van der Waals surface area contributed by atoms with Crippen molar-refractivity contribution >= 4 is 45.7 Å². The Bertz CT molecular complexity index is 1120. The fourth-order valence-corrected chi connectivity index (χ4v) is 4.18. The molecule has 3 rings (SSSR count). The number of benzene rings is 1. The van der Waals surface area contributed by atoms with Crippen molar-refractivity contribution in [1.29, 1.82) is 0 Å². The molecule has 0 unspecified atom stereocenters. The summed E-state index contributed by atoms with van der Waals surface area (Å²) in [7, 11) is 0. The molecule has 0 atom stereocenters. The Labute approximate surface area is 179 Å². The highest BCUT2D eigenvalue weighted by molar-refractivity contribution is 8.00. The van der Waals surface area contributed by atoms with Crippen LogP contribution >= 0.6 is 34.7 Å². The number of thioether (sulfide) groups is 1. The highest BCUT2D eigenvalue weighted by Gasteiger charge is 2.32. The number of hydrogen-bond acceptors (Lipinski definition) is 6. The first-order valence-electron chi connectivity index (χ1n) is 8.09. The van der Waals surface area contributed by atoms with E-state index in [9.17, 15) is 27.2 Å². The Balaban J connectivity index is 1.62. The van der Waals surface area contributed by atoms with Gasteiger partial charge in [0.15, 0.2) is 4.34 Å². The molecule has 0 saturated carbocycles. The van der Waals surface area contributed by atoms with Crippen molar-refractivity contribution in [3.63, 3.8) is 0 Å². The van der Waals surface area contributed by atoms with Gasteiger partial charge in [-0.05, 0) is 23.8 Å². The second-order valence-electron chi connectivity index (χ2n) is 5.84. The van der Waals surface area contributed by atoms with Gasteiger partial charge in [0.1, 0.15) is 17.4 Å². The third-order valence-electron chi connectivity index (χ3n) is 3.61. The van der Waals surface area contributed by atoms with Gasteiger partial charge in [0, 0.05) is 11.9 Å². The van der Waals surface area contributed by atoms with Gasteiger partial charge >= 0.3 is 6.18 Å². The first-order chi connectivity index (χ1) is 14.1. The van der Waals surface area contributed by atoms with Crippen LogP contribution in [0.2, 0.25) is 5.02 Å². The summed E-state index contributed by atoms with van der Waals surface area (Å²) in [4.78, 5) is 24.0. The average Bonchev–Trinajstić information content (AvgIpc) is 3.11. The molecule has 0 radical (unpaired) electrons. The lowest BCUT2D eigenvalue weighted by molar-refractivity contribution is -0.138. The van der Waals surface area contributed by atoms with E-state index in [0.29, 0.717) is 26.9 Å². The van der Waals surface area contributed by atoms with Crippen molar-refractivity contribution in [3.8, 4) is 0 Å². The van der Waals surface area contributed by atoms with Gasteiger partial charge in [0.2, 0.25) is 11.0 Å². The maximum atomic E-state index is 12.9. The van der Waals surface area contributed by atoms with Crippen LogP contribution in [0.3, 0.4) is 0 Å². The lowest BCUT2D eigenvalue weighted by atomic mass is 10.2. The maximum Gasteiger partial charge on any atom is 0.417 e. The number of halogens is 5. The monoisotopic (exact) mass is 478 g/mol. The Hall–Kier alpha value is -2.44. The topological polar surface area (TPSA) is 76.9 Å². The summed E-state index contributed by atoms with van der Waals surface area (Å²) in [6, 6.07) is 6.44. The quantitative estimate of drug-likeness (QED) is 0.322. The van der Waals surface area contributed by atoms with E-state index >= 15 is 0 Å². The highest BCUT2D eigenvalue weighted by Crippen LogP contribution is 2.30. The molecule has 0 fully saturated rings. The molecule has 0 aliphatic rings. The number of carbonyl (C=O) groups is 1. The van der Waals surface area contributed by atoms with Crippen LogP contribution in [0.1, 0.15) is 11.1 Å². The normalized spacial score (nSPS) is 11.5. The Morgan fingerprint density at radius 1 is 1.23 bits per heavy atom. The van der Waals surface area contributed by atoms with Gasteiger partial charge < -0.3 is 4.57 Å². The van der Waals surface area contributed by atoms with Crippen molar-refractivity contribution < 1.29 is 22.4 Å². The van der Waals surface area contributed by atoms with Crippen molar-refractivity contribution in [2.24, 2.45) is 0 Å². The lowest BCUT2D eigenvalue weighted by Gasteiger charge is -2.11. The Morgan fingerprint density at radius 3 is 2.60 bits per heavy atom. The van der Waals surface area contributed by atoms with E-state index in [1.165, 1.54) is 23.9 Å². The SMILES string of the molecule is O=C(Cn1cc(C(F)(F)F)cc(Cl)c1=O)Nc1nnc(SCc2ccc(F)cc2)s1. The summed E-state index contributed by atoms with van der Waals surface area (Å²) in [5.41, 5.74) is -1.20. The van der Waals surface area contributed by atoms with E-state index < -0.39 is 34.8 Å². The fraction of sp³-hybridized carbons (Fsp3) is 0.176. The number of nitrogens with one attached hydrogen (secondary N) is 1. The number of anilines is 1. The first kappa shape index (κ1) is 22.2. The van der Waals surface area contributed by atoms with E-state index in [2.05, 4.69) is 15.5 Å². The van der Waals surface area contributed by atoms with Gasteiger partial charge in [0.05, 0.1) is 5.56 Å². The molecule has 3 aromatic rings. The third-order valence-corrected chi connectivity index (χ3v) is 5.93. The number of amides is 1. The number of carbonyl (C=O) groups excluding carboxylic acids is 1. The molecular weight excluding hydrogens is 468 g/mol. The fourth-order valence-electron chi connectivity index (χ4n) is 2.23. The highest BCUT2D eigenvalue weighted by atomic mass is 35.5. The molecule has 0 spiro atoms. The summed E-state index contributed by atoms with van der Waals surface area (Å²) in [5.74, 6) is -0.606. The summed E-state index contributed by atoms with van der Waals surface area (Å²) in [6.07, 6.45) is -4.19. The summed E-state index contributed by atoms with van der Waals surface area (Å²) in [5, 5.41) is 9.53. The number of nitrogens with zero attached hydrogens (tertiary/aromatic N) is 3. The molecule has 0 aliphatic carbocycles. The molecular formula is C17H11ClF4N4O2S2. The molecule has 0 saturated heterocycles. The van der Waals surface area contributed by atoms with Crippen LogP contribution < -0.4 is 10.9 Å². The van der Waals surface area contributed by atoms with Crippen molar-refractivity contribution in [2.75, 3.05) is 5.32 Å². The number of aromatic nitrogens is 3. The van der Waals surface area contributed by atoms with E-state index in [-0.39, 0.29) is 10.9 Å². The summed E-state index contributed by atoms with van der Waals surface area (Å²) in [6.45, 7) is -0.680. The number of pyridine rings is 1. The third kappa shape index (κ3) is 5.80. The minimum Gasteiger partial charge on any atom is -0.304 e. The van der Waals surface area contributed by atoms with E-state index in [4.69, 9.17) is 11.6 Å². The smallest absolute Gasteiger partial charge is 0.304 e. The maximum absolute atomic E-state index is 12.9. The molecule has 1 amide bonds. The largest absolute Gasteiger partial charge is 0.417 e. The molecule has 1 N–H and O–H groups in total. The Kier molecular flexibility index (Phi) is 6.78. The molecule has 158 valence electrons. The second kappa shape index (κ2) is 9.14. The zero-order chi connectivity index (χ0) is 21.9. The van der Waals surface area contributed by atoms with Crippen molar-refractivity contribution in [2.45, 2.75) is 22.8 Å². The molecule has 0 aliphatic heterocycles. The molecule has 2 aromatic heterocycles. The second-order valence-corrected chi connectivity index (χ2v) is 8.45. The standard InChI is InChI=1S/C17H11ClF4N4O2S2/c18-12-5-10(17(20,21)22)6-26(14(12)28)7-13(27)23-15-24-25-16(30-15)29-8-9-1-3-11(19)4-2-9/h1-6H,7-8H2,(H,23,24,27). The summed E-state index contributed by atoms with van der Waals surface area (Å²) < 4.78 is 52.6. The van der Waals surface area contributed by atoms with Crippen LogP contribution in [0.15, 0.2) is 45.7 Å². The van der Waals surface area contributed by atoms with E-state index in [1.807, 2.05) is 0 Å². The Morgan fingerprint density at radius 2 is 1.93 bits per heavy atom. The van der Waals surface area contributed by atoms with Gasteiger partial charge in [-0.3, -0.25) is 14.9 Å². The molecule has 13 heteroatoms. The van der Waals surface area contributed by atoms with Crippen molar-refractivity contribution in [3.05, 3.63) is 68.8 Å². The van der Waals surface area contributed by atoms with Gasteiger partial charge in [0.25, 0.3) is 5.56 Å². The van der Waals surface area contributed by atoms with Crippen LogP contribution in [0.25, 0.3) is 0 Å². The van der Waals surface area contributed by atoms with Gasteiger partial charge in [-0.15, -0.1) is 10.2 Å². The first-order valence-corrected chi connectivity index (χ1v) is 10.3.